The van der Waals surface area contributed by atoms with Gasteiger partial charge in [-0.3, -0.25) is 34.2 Å². The first-order chi connectivity index (χ1) is 33.7. The topological polar surface area (TPSA) is 318 Å². The van der Waals surface area contributed by atoms with Gasteiger partial charge in [0.05, 0.1) is 12.7 Å². The van der Waals surface area contributed by atoms with Crippen molar-refractivity contribution in [2.45, 2.75) is 166 Å². The highest BCUT2D eigenvalue weighted by Gasteiger charge is 2.50. The van der Waals surface area contributed by atoms with Crippen molar-refractivity contribution in [3.05, 3.63) is 35.9 Å². The molecule has 4 bridgehead atoms. The minimum Gasteiger partial charge on any atom is -0.446 e. The minimum atomic E-state index is -1.62. The van der Waals surface area contributed by atoms with Crippen LogP contribution in [0.5, 0.6) is 0 Å². The number of hydrogen-bond acceptors (Lipinski definition) is 14. The summed E-state index contributed by atoms with van der Waals surface area (Å²) in [5.41, 5.74) is 1.61. The lowest BCUT2D eigenvalue weighted by Gasteiger charge is -2.53. The third-order valence-electron chi connectivity index (χ3n) is 13.6. The van der Waals surface area contributed by atoms with Crippen molar-refractivity contribution < 1.29 is 58.0 Å². The predicted octanol–water partition coefficient (Wildman–Crippen LogP) is 1.43. The van der Waals surface area contributed by atoms with Crippen LogP contribution in [0.1, 0.15) is 111 Å². The molecule has 0 spiro atoms. The summed E-state index contributed by atoms with van der Waals surface area (Å²) in [5.74, 6) is 2.53. The van der Waals surface area contributed by atoms with E-state index in [0.29, 0.717) is 42.4 Å². The van der Waals surface area contributed by atoms with Gasteiger partial charge in [0.25, 0.3) is 5.91 Å². The second-order valence-corrected chi connectivity index (χ2v) is 21.4. The maximum atomic E-state index is 14.1. The van der Waals surface area contributed by atoms with E-state index < -0.39 is 108 Å². The quantitative estimate of drug-likeness (QED) is 0.0257. The number of unbranched alkanes of at least 4 members (excludes halogenated alkanes) is 1. The van der Waals surface area contributed by atoms with E-state index in [1.165, 1.54) is 25.1 Å². The fraction of sp³-hybridized carbons (Fsp3) is 0.714. The standard InChI is InChI=1S/C49H79N9O12S/c1-8-27(2)38(45(65)54-37(26-59)44(64)53-36(25-29-14-10-9-11-15-29)43(63)57-39(28(3)60)46(66)58-50)56-42(62)35(17-19-71-7)52-41(61)34(55-48(68)70-49(4,5)6)16-12-13-18-51-47(67)69-40-32-21-30-20-31(23-32)24-33(40)22-30/h9-11,14-15,27-28,30-40,59-60H,8,12-13,16-26,50H2,1-7H3,(H,51,67)(H,52,61)(H,53,64)(H,54,65)(H,55,68)(H,56,62)(H,57,63)(H,58,66)/t27-,28+,30?,31?,32?,33?,34-,35-,36-,37-,38-,39-,40?/m0/s1. The molecular formula is C49H79N9O12S. The minimum absolute atomic E-state index is 0.0546. The molecule has 8 amide bonds. The summed E-state index contributed by atoms with van der Waals surface area (Å²) < 4.78 is 11.4. The number of alkyl carbamates (subject to hydrolysis) is 2. The lowest BCUT2D eigenvalue weighted by molar-refractivity contribution is -0.136. The summed E-state index contributed by atoms with van der Waals surface area (Å²) in [5, 5.41) is 38.9. The van der Waals surface area contributed by atoms with Crippen LogP contribution >= 0.6 is 11.8 Å². The fourth-order valence-electron chi connectivity index (χ4n) is 9.88. The highest BCUT2D eigenvalue weighted by atomic mass is 32.2. The van der Waals surface area contributed by atoms with Crippen LogP contribution in [-0.4, -0.2) is 137 Å². The van der Waals surface area contributed by atoms with Gasteiger partial charge in [0.15, 0.2) is 0 Å². The Labute approximate surface area is 421 Å². The van der Waals surface area contributed by atoms with Crippen LogP contribution in [0, 0.1) is 29.6 Å². The molecule has 0 unspecified atom stereocenters. The van der Waals surface area contributed by atoms with Gasteiger partial charge >= 0.3 is 12.2 Å². The van der Waals surface area contributed by atoms with Crippen molar-refractivity contribution in [1.82, 2.24) is 42.6 Å². The van der Waals surface area contributed by atoms with Crippen LogP contribution in [-0.2, 0) is 44.7 Å². The van der Waals surface area contributed by atoms with E-state index in [2.05, 4.69) is 37.2 Å². The maximum absolute atomic E-state index is 14.1. The largest absolute Gasteiger partial charge is 0.446 e. The van der Waals surface area contributed by atoms with E-state index in [-0.39, 0.29) is 31.9 Å². The number of carbonyl (C=O) groups excluding carboxylic acids is 8. The third-order valence-corrected chi connectivity index (χ3v) is 14.2. The highest BCUT2D eigenvalue weighted by molar-refractivity contribution is 7.98. The normalized spacial score (nSPS) is 22.4. The Hall–Kier alpha value is -5.19. The lowest BCUT2D eigenvalue weighted by atomic mass is 9.55. The zero-order valence-corrected chi connectivity index (χ0v) is 43.1. The summed E-state index contributed by atoms with van der Waals surface area (Å²) >= 11 is 1.42. The van der Waals surface area contributed by atoms with Crippen molar-refractivity contribution in [3.63, 3.8) is 0 Å². The zero-order valence-electron chi connectivity index (χ0n) is 42.3. The molecule has 0 heterocycles. The Morgan fingerprint density at radius 3 is 1.82 bits per heavy atom. The monoisotopic (exact) mass is 1020 g/mol. The second-order valence-electron chi connectivity index (χ2n) is 20.4. The molecule has 4 aliphatic carbocycles. The predicted molar refractivity (Wildman–Crippen MR) is 266 cm³/mol. The summed E-state index contributed by atoms with van der Waals surface area (Å²) in [6.07, 6.45) is 6.30. The van der Waals surface area contributed by atoms with Gasteiger partial charge in [-0.1, -0.05) is 50.6 Å². The summed E-state index contributed by atoms with van der Waals surface area (Å²) in [7, 11) is 0. The molecule has 0 saturated heterocycles. The number of carbonyl (C=O) groups is 8. The molecule has 0 aromatic heterocycles. The van der Waals surface area contributed by atoms with Crippen LogP contribution in [0.25, 0.3) is 0 Å². The summed E-state index contributed by atoms with van der Waals surface area (Å²) in [6.45, 7) is 9.16. The first-order valence-corrected chi connectivity index (χ1v) is 26.3. The number of nitrogens with one attached hydrogen (secondary N) is 8. The number of ether oxygens (including phenoxy) is 2. The van der Waals surface area contributed by atoms with Gasteiger partial charge in [0, 0.05) is 13.0 Å². The Bertz CT molecular complexity index is 1930. The number of thioether (sulfide) groups is 1. The molecule has 22 heteroatoms. The second kappa shape index (κ2) is 28.2. The van der Waals surface area contributed by atoms with E-state index in [1.54, 1.807) is 65.0 Å². The molecule has 12 N–H and O–H groups in total. The highest BCUT2D eigenvalue weighted by Crippen LogP contribution is 2.54. The number of nitrogens with two attached hydrogens (primary N) is 1. The molecular weight excluding hydrogens is 939 g/mol. The van der Waals surface area contributed by atoms with Gasteiger partial charge in [-0.25, -0.2) is 15.4 Å². The van der Waals surface area contributed by atoms with Crippen molar-refractivity contribution in [2.24, 2.45) is 35.4 Å². The molecule has 0 radical (unpaired) electrons. The van der Waals surface area contributed by atoms with Crippen LogP contribution in [0.15, 0.2) is 30.3 Å². The third kappa shape index (κ3) is 18.4. The first kappa shape index (κ1) is 58.4. The zero-order chi connectivity index (χ0) is 52.4. The molecule has 0 aliphatic heterocycles. The molecule has 4 fully saturated rings. The number of benzene rings is 1. The number of hydrogen-bond donors (Lipinski definition) is 11. The Kier molecular flexibility index (Phi) is 23.2. The van der Waals surface area contributed by atoms with Crippen molar-refractivity contribution >= 4 is 59.4 Å². The van der Waals surface area contributed by atoms with Crippen molar-refractivity contribution in [1.29, 1.82) is 0 Å². The first-order valence-electron chi connectivity index (χ1n) is 24.9. The van der Waals surface area contributed by atoms with E-state index >= 15 is 0 Å². The van der Waals surface area contributed by atoms with Crippen LogP contribution in [0.3, 0.4) is 0 Å². The van der Waals surface area contributed by atoms with Crippen LogP contribution < -0.4 is 48.5 Å². The van der Waals surface area contributed by atoms with Gasteiger partial charge in [0.2, 0.25) is 29.5 Å². The van der Waals surface area contributed by atoms with E-state index in [0.717, 1.165) is 37.5 Å². The van der Waals surface area contributed by atoms with Crippen molar-refractivity contribution in [2.75, 3.05) is 25.2 Å². The molecule has 1 aromatic rings. The van der Waals surface area contributed by atoms with Gasteiger partial charge in [-0.15, -0.1) is 0 Å². The molecule has 21 nitrogen and oxygen atoms in total. The Balaban J connectivity index is 1.41. The van der Waals surface area contributed by atoms with Crippen LogP contribution in [0.2, 0.25) is 0 Å². The van der Waals surface area contributed by atoms with Gasteiger partial charge in [-0.2, -0.15) is 11.8 Å². The Morgan fingerprint density at radius 1 is 0.704 bits per heavy atom. The average molecular weight is 1020 g/mol. The van der Waals surface area contributed by atoms with Gasteiger partial charge in [-0.05, 0) is 133 Å². The number of rotatable bonds is 27. The van der Waals surface area contributed by atoms with Crippen molar-refractivity contribution in [3.8, 4) is 0 Å². The number of hydrazine groups is 1. The van der Waals surface area contributed by atoms with E-state index in [1.807, 2.05) is 11.7 Å². The van der Waals surface area contributed by atoms with Crippen LogP contribution in [0.4, 0.5) is 9.59 Å². The molecule has 71 heavy (non-hydrogen) atoms. The average Bonchev–Trinajstić information content (AvgIpc) is 3.31. The number of amides is 8. The molecule has 4 saturated carbocycles. The molecule has 4 aliphatic rings. The smallest absolute Gasteiger partial charge is 0.408 e. The number of aliphatic hydroxyl groups excluding tert-OH is 2. The summed E-state index contributed by atoms with van der Waals surface area (Å²) in [6, 6.07) is 0.526. The lowest BCUT2D eigenvalue weighted by Crippen LogP contribution is -2.62. The molecule has 5 rings (SSSR count). The summed E-state index contributed by atoms with van der Waals surface area (Å²) in [4.78, 5) is 108. The molecule has 1 aromatic carbocycles. The van der Waals surface area contributed by atoms with Gasteiger partial charge < -0.3 is 56.9 Å². The van der Waals surface area contributed by atoms with E-state index in [9.17, 15) is 48.6 Å². The van der Waals surface area contributed by atoms with Gasteiger partial charge in [0.1, 0.15) is 48.0 Å². The SMILES string of the molecule is CC[C@H](C)[C@H](NC(=O)[C@H](CCSC)NC(=O)[C@H](CCCCNC(=O)OC1C2CC3CC(C2)CC1C3)NC(=O)OC(C)(C)C)C(=O)N[C@@H](CO)C(=O)N[C@@H](Cc1ccccc1)C(=O)N[C@H](C(=O)NN)[C@@H](C)O. The number of aliphatic hydroxyl groups is 2. The molecule has 398 valence electrons. The molecule has 8 atom stereocenters. The fourth-order valence-corrected chi connectivity index (χ4v) is 10.4. The Morgan fingerprint density at radius 2 is 1.25 bits per heavy atom. The van der Waals surface area contributed by atoms with E-state index in [4.69, 9.17) is 15.3 Å². The maximum Gasteiger partial charge on any atom is 0.408 e.